The summed E-state index contributed by atoms with van der Waals surface area (Å²) in [6, 6.07) is 3.89. The number of pyridine rings is 1. The molecule has 182 valence electrons. The molecular weight excluding hydrogens is 466 g/mol. The Labute approximate surface area is 204 Å². The van der Waals surface area contributed by atoms with Crippen LogP contribution in [0.1, 0.15) is 39.7 Å². The summed E-state index contributed by atoms with van der Waals surface area (Å²) in [5.41, 5.74) is 0.980. The number of aromatic nitrogens is 7. The first kappa shape index (κ1) is 22.1. The van der Waals surface area contributed by atoms with E-state index in [0.29, 0.717) is 36.1 Å². The van der Waals surface area contributed by atoms with Crippen molar-refractivity contribution in [3.63, 3.8) is 0 Å². The van der Waals surface area contributed by atoms with E-state index in [1.165, 1.54) is 4.09 Å². The summed E-state index contributed by atoms with van der Waals surface area (Å²) < 4.78 is 15.8. The zero-order valence-corrected chi connectivity index (χ0v) is 20.6. The molecule has 1 atom stereocenters. The lowest BCUT2D eigenvalue weighted by molar-refractivity contribution is 0.0306. The van der Waals surface area contributed by atoms with Crippen LogP contribution in [0.2, 0.25) is 0 Å². The molecule has 1 aliphatic heterocycles. The minimum atomic E-state index is -1.14. The standard InChI is InChI=1S/C23H27N9O2S/c1-14(2)32-18-8-20(25-10-17(18)22(29-32)30-12-23(3,33)13-30)27-19-6-7-24-21(28-19)15-9-26-31(11-15)35(34)16-4-5-16/h6-11,14,16,33H,4-5,12-13H2,1-3H3,(H,24,25,27,28). The quantitative estimate of drug-likeness (QED) is 0.399. The normalized spacial score (nSPS) is 18.1. The Morgan fingerprint density at radius 2 is 2.00 bits per heavy atom. The number of hydrogen-bond donors (Lipinski definition) is 2. The van der Waals surface area contributed by atoms with Crippen molar-refractivity contribution in [2.75, 3.05) is 23.3 Å². The molecule has 1 saturated carbocycles. The Balaban J connectivity index is 1.27. The Morgan fingerprint density at radius 1 is 1.20 bits per heavy atom. The van der Waals surface area contributed by atoms with Crippen molar-refractivity contribution in [1.82, 2.24) is 33.9 Å². The largest absolute Gasteiger partial charge is 0.386 e. The van der Waals surface area contributed by atoms with Gasteiger partial charge in [-0.2, -0.15) is 14.3 Å². The van der Waals surface area contributed by atoms with Crippen LogP contribution in [0, 0.1) is 0 Å². The minimum absolute atomic E-state index is 0.159. The van der Waals surface area contributed by atoms with Crippen molar-refractivity contribution in [2.45, 2.75) is 50.5 Å². The molecule has 1 unspecified atom stereocenters. The highest BCUT2D eigenvalue weighted by atomic mass is 32.2. The topological polar surface area (TPSA) is 127 Å². The molecule has 1 saturated heterocycles. The Kier molecular flexibility index (Phi) is 5.11. The van der Waals surface area contributed by atoms with Crippen LogP contribution >= 0.6 is 0 Å². The molecule has 5 heterocycles. The van der Waals surface area contributed by atoms with Gasteiger partial charge in [-0.05, 0) is 39.7 Å². The van der Waals surface area contributed by atoms with E-state index < -0.39 is 16.6 Å². The number of β-amino-alcohol motifs (C(OH)–C–C–N with tert-alkyl or cyclic N) is 1. The molecule has 6 rings (SSSR count). The summed E-state index contributed by atoms with van der Waals surface area (Å²) in [5.74, 6) is 2.56. The molecule has 4 aromatic heterocycles. The van der Waals surface area contributed by atoms with E-state index in [1.807, 2.05) is 23.9 Å². The van der Waals surface area contributed by atoms with E-state index in [-0.39, 0.29) is 11.3 Å². The third kappa shape index (κ3) is 4.16. The summed E-state index contributed by atoms with van der Waals surface area (Å²) in [4.78, 5) is 15.6. The third-order valence-corrected chi connectivity index (χ3v) is 7.76. The van der Waals surface area contributed by atoms with Crippen LogP contribution in [0.25, 0.3) is 22.3 Å². The van der Waals surface area contributed by atoms with Crippen molar-refractivity contribution >= 4 is 39.3 Å². The van der Waals surface area contributed by atoms with Crippen LogP contribution in [0.4, 0.5) is 17.5 Å². The van der Waals surface area contributed by atoms with Crippen LogP contribution in [0.3, 0.4) is 0 Å². The highest BCUT2D eigenvalue weighted by molar-refractivity contribution is 7.84. The molecular formula is C23H27N9O2S. The second-order valence-electron chi connectivity index (χ2n) is 9.80. The molecule has 11 nitrogen and oxygen atoms in total. The lowest BCUT2D eigenvalue weighted by Crippen LogP contribution is -2.60. The number of rotatable bonds is 7. The number of hydrogen-bond acceptors (Lipinski definition) is 9. The van der Waals surface area contributed by atoms with Crippen LogP contribution in [-0.2, 0) is 11.0 Å². The van der Waals surface area contributed by atoms with Crippen molar-refractivity contribution in [2.24, 2.45) is 0 Å². The maximum absolute atomic E-state index is 12.4. The number of nitrogens with zero attached hydrogens (tertiary/aromatic N) is 8. The highest BCUT2D eigenvalue weighted by Gasteiger charge is 2.39. The fourth-order valence-corrected chi connectivity index (χ4v) is 5.48. The Morgan fingerprint density at radius 3 is 2.71 bits per heavy atom. The predicted octanol–water partition coefficient (Wildman–Crippen LogP) is 2.65. The summed E-state index contributed by atoms with van der Waals surface area (Å²) in [6.07, 6.45) is 8.80. The van der Waals surface area contributed by atoms with Crippen molar-refractivity contribution < 1.29 is 9.32 Å². The predicted molar refractivity (Wildman–Crippen MR) is 134 cm³/mol. The van der Waals surface area contributed by atoms with Crippen LogP contribution in [-0.4, -0.2) is 67.2 Å². The van der Waals surface area contributed by atoms with Gasteiger partial charge in [-0.15, -0.1) is 0 Å². The Bertz CT molecular complexity index is 1430. The van der Waals surface area contributed by atoms with Gasteiger partial charge in [0.25, 0.3) is 0 Å². The van der Waals surface area contributed by atoms with Gasteiger partial charge in [0, 0.05) is 37.6 Å². The van der Waals surface area contributed by atoms with Gasteiger partial charge in [0.1, 0.15) is 22.6 Å². The first-order valence-electron chi connectivity index (χ1n) is 11.7. The fourth-order valence-electron chi connectivity index (χ4n) is 4.28. The first-order valence-corrected chi connectivity index (χ1v) is 12.9. The van der Waals surface area contributed by atoms with E-state index in [4.69, 9.17) is 5.10 Å². The van der Waals surface area contributed by atoms with Crippen molar-refractivity contribution in [3.8, 4) is 11.4 Å². The summed E-state index contributed by atoms with van der Waals surface area (Å²) in [5, 5.41) is 23.6. The van der Waals surface area contributed by atoms with Crippen molar-refractivity contribution in [3.05, 3.63) is 36.9 Å². The molecule has 35 heavy (non-hydrogen) atoms. The molecule has 12 heteroatoms. The molecule has 2 N–H and O–H groups in total. The van der Waals surface area contributed by atoms with Gasteiger partial charge in [0.05, 0.1) is 39.7 Å². The zero-order chi connectivity index (χ0) is 24.3. The number of anilines is 3. The molecule has 2 fully saturated rings. The molecule has 2 aliphatic rings. The van der Waals surface area contributed by atoms with Gasteiger partial charge in [0.15, 0.2) is 11.6 Å². The Hall–Kier alpha value is -3.38. The van der Waals surface area contributed by atoms with E-state index >= 15 is 0 Å². The van der Waals surface area contributed by atoms with Gasteiger partial charge in [-0.1, -0.05) is 0 Å². The molecule has 0 amide bonds. The highest BCUT2D eigenvalue weighted by Crippen LogP contribution is 2.34. The van der Waals surface area contributed by atoms with E-state index in [9.17, 15) is 9.32 Å². The molecule has 0 aromatic carbocycles. The maximum atomic E-state index is 12.4. The number of nitrogens with one attached hydrogen (secondary N) is 1. The zero-order valence-electron chi connectivity index (χ0n) is 19.8. The fraction of sp³-hybridized carbons (Fsp3) is 0.435. The van der Waals surface area contributed by atoms with Gasteiger partial charge >= 0.3 is 0 Å². The molecule has 4 aromatic rings. The summed E-state index contributed by atoms with van der Waals surface area (Å²) in [6.45, 7) is 7.10. The second-order valence-corrected chi connectivity index (χ2v) is 11.4. The van der Waals surface area contributed by atoms with Crippen LogP contribution in [0.5, 0.6) is 0 Å². The van der Waals surface area contributed by atoms with E-state index in [2.05, 4.69) is 44.1 Å². The lowest BCUT2D eigenvalue weighted by atomic mass is 9.97. The minimum Gasteiger partial charge on any atom is -0.386 e. The van der Waals surface area contributed by atoms with Gasteiger partial charge in [-0.3, -0.25) is 4.68 Å². The summed E-state index contributed by atoms with van der Waals surface area (Å²) >= 11 is 0. The molecule has 0 bridgehead atoms. The van der Waals surface area contributed by atoms with Crippen molar-refractivity contribution in [1.29, 1.82) is 0 Å². The number of fused-ring (bicyclic) bond motifs is 1. The molecule has 0 radical (unpaired) electrons. The van der Waals surface area contributed by atoms with Gasteiger partial charge in [0.2, 0.25) is 0 Å². The van der Waals surface area contributed by atoms with Crippen LogP contribution < -0.4 is 10.2 Å². The maximum Gasteiger partial charge on any atom is 0.164 e. The third-order valence-electron chi connectivity index (χ3n) is 6.15. The molecule has 1 aliphatic carbocycles. The van der Waals surface area contributed by atoms with Gasteiger partial charge in [-0.25, -0.2) is 19.2 Å². The lowest BCUT2D eigenvalue weighted by Gasteiger charge is -2.44. The average molecular weight is 494 g/mol. The number of aliphatic hydroxyl groups is 1. The summed E-state index contributed by atoms with van der Waals surface area (Å²) in [7, 11) is -1.14. The molecule has 0 spiro atoms. The van der Waals surface area contributed by atoms with E-state index in [1.54, 1.807) is 24.7 Å². The second kappa shape index (κ2) is 8.09. The average Bonchev–Trinajstić information content (AvgIpc) is 3.41. The smallest absolute Gasteiger partial charge is 0.164 e. The van der Waals surface area contributed by atoms with Gasteiger partial charge < -0.3 is 15.3 Å². The van der Waals surface area contributed by atoms with E-state index in [0.717, 1.165) is 29.6 Å². The first-order chi connectivity index (χ1) is 16.8. The van der Waals surface area contributed by atoms with Crippen LogP contribution in [0.15, 0.2) is 36.9 Å². The monoisotopic (exact) mass is 493 g/mol. The SMILES string of the molecule is CC(C)n1nc(N2CC(C)(O)C2)c2cnc(Nc3ccnc(-c4cnn(S(=O)C5CC5)c4)n3)cc21.